The van der Waals surface area contributed by atoms with Crippen LogP contribution in [0.15, 0.2) is 35.6 Å². The molecule has 0 unspecified atom stereocenters. The number of carbonyl (C=O) groups excluding carboxylic acids is 1. The number of nitrogens with zero attached hydrogens (tertiary/aromatic N) is 5. The van der Waals surface area contributed by atoms with Crippen molar-refractivity contribution in [3.63, 3.8) is 0 Å². The summed E-state index contributed by atoms with van der Waals surface area (Å²) in [6.07, 6.45) is 2.41. The smallest absolute Gasteiger partial charge is 0.246 e. The molecule has 0 atom stereocenters. The van der Waals surface area contributed by atoms with Crippen LogP contribution in [0.4, 0.5) is 5.69 Å². The average molecular weight is 327 g/mol. The molecule has 2 N–H and O–H groups in total. The topological polar surface area (TPSA) is 87.4 Å². The van der Waals surface area contributed by atoms with Crippen molar-refractivity contribution in [2.24, 2.45) is 12.0 Å². The van der Waals surface area contributed by atoms with Crippen LogP contribution in [0.5, 0.6) is 0 Å². The van der Waals surface area contributed by atoms with Crippen LogP contribution in [0.1, 0.15) is 11.4 Å². The highest BCUT2D eigenvalue weighted by Gasteiger charge is 2.23. The molecule has 8 nitrogen and oxygen atoms in total. The van der Waals surface area contributed by atoms with Crippen LogP contribution in [0.3, 0.4) is 0 Å². The molecule has 0 aliphatic carbocycles. The number of fused-ring (bicyclic) bond motifs is 1. The lowest BCUT2D eigenvalue weighted by atomic mass is 10.2. The minimum Gasteiger partial charge on any atom is -0.349 e. The summed E-state index contributed by atoms with van der Waals surface area (Å²) in [6, 6.07) is 8.02. The standard InChI is InChI=1S/C16H21N7O/c1-17-16(18-9-14-20-11-21-22(14)2)19-10-15(24)23-8-7-12-5-3-4-6-13(12)23/h3-6,11H,7-10H2,1-2H3,(H2,17,18,19). The number of guanidine groups is 1. The Kier molecular flexibility index (Phi) is 4.74. The van der Waals surface area contributed by atoms with E-state index in [4.69, 9.17) is 0 Å². The summed E-state index contributed by atoms with van der Waals surface area (Å²) < 4.78 is 1.69. The molecular formula is C16H21N7O. The number of nitrogens with one attached hydrogen (secondary N) is 2. The van der Waals surface area contributed by atoms with Crippen molar-refractivity contribution in [3.05, 3.63) is 42.0 Å². The van der Waals surface area contributed by atoms with Crippen LogP contribution < -0.4 is 15.5 Å². The number of aliphatic imine (C=N–C) groups is 1. The largest absolute Gasteiger partial charge is 0.349 e. The number of rotatable bonds is 4. The molecular weight excluding hydrogens is 306 g/mol. The van der Waals surface area contributed by atoms with E-state index in [0.29, 0.717) is 12.5 Å². The molecule has 24 heavy (non-hydrogen) atoms. The number of para-hydroxylation sites is 1. The Labute approximate surface area is 140 Å². The van der Waals surface area contributed by atoms with Gasteiger partial charge < -0.3 is 15.5 Å². The van der Waals surface area contributed by atoms with Crippen molar-refractivity contribution in [1.29, 1.82) is 0 Å². The molecule has 3 rings (SSSR count). The Morgan fingerprint density at radius 2 is 2.17 bits per heavy atom. The molecule has 0 spiro atoms. The van der Waals surface area contributed by atoms with Gasteiger partial charge in [-0.15, -0.1) is 0 Å². The number of aryl methyl sites for hydroxylation is 1. The highest BCUT2D eigenvalue weighted by Crippen LogP contribution is 2.27. The van der Waals surface area contributed by atoms with Crippen molar-refractivity contribution >= 4 is 17.6 Å². The van der Waals surface area contributed by atoms with E-state index in [1.54, 1.807) is 11.7 Å². The minimum atomic E-state index is 0.0292. The highest BCUT2D eigenvalue weighted by atomic mass is 16.2. The SMILES string of the molecule is CN=C(NCC(=O)N1CCc2ccccc21)NCc1ncnn1C. The number of benzene rings is 1. The Bertz CT molecular complexity index is 752. The molecule has 1 aliphatic heterocycles. The van der Waals surface area contributed by atoms with Crippen molar-refractivity contribution in [2.45, 2.75) is 13.0 Å². The molecule has 2 heterocycles. The van der Waals surface area contributed by atoms with Crippen molar-refractivity contribution in [3.8, 4) is 0 Å². The molecule has 1 aliphatic rings. The Morgan fingerprint density at radius 3 is 2.92 bits per heavy atom. The predicted octanol–water partition coefficient (Wildman–Crippen LogP) is 0.0694. The van der Waals surface area contributed by atoms with Crippen molar-refractivity contribution in [2.75, 3.05) is 25.0 Å². The summed E-state index contributed by atoms with van der Waals surface area (Å²) in [6.45, 7) is 1.40. The molecule has 126 valence electrons. The lowest BCUT2D eigenvalue weighted by molar-refractivity contribution is -0.117. The van der Waals surface area contributed by atoms with Crippen molar-refractivity contribution < 1.29 is 4.79 Å². The van der Waals surface area contributed by atoms with E-state index in [-0.39, 0.29) is 12.5 Å². The van der Waals surface area contributed by atoms with Gasteiger partial charge in [-0.05, 0) is 18.1 Å². The van der Waals surface area contributed by atoms with E-state index in [1.807, 2.05) is 30.1 Å². The molecule has 1 amide bonds. The highest BCUT2D eigenvalue weighted by molar-refractivity contribution is 5.98. The number of carbonyl (C=O) groups is 1. The first kappa shape index (κ1) is 16.0. The van der Waals surface area contributed by atoms with Crippen LogP contribution in [0, 0.1) is 0 Å². The van der Waals surface area contributed by atoms with Crippen LogP contribution >= 0.6 is 0 Å². The maximum Gasteiger partial charge on any atom is 0.246 e. The van der Waals surface area contributed by atoms with Crippen LogP contribution in [-0.4, -0.2) is 46.8 Å². The van der Waals surface area contributed by atoms with Gasteiger partial charge >= 0.3 is 0 Å². The fourth-order valence-electron chi connectivity index (χ4n) is 2.72. The van der Waals surface area contributed by atoms with E-state index in [2.05, 4.69) is 31.8 Å². The van der Waals surface area contributed by atoms with Crippen LogP contribution in [-0.2, 0) is 24.8 Å². The lowest BCUT2D eigenvalue weighted by Gasteiger charge is -2.18. The van der Waals surface area contributed by atoms with Crippen molar-refractivity contribution in [1.82, 2.24) is 25.4 Å². The zero-order valence-electron chi connectivity index (χ0n) is 13.9. The summed E-state index contributed by atoms with van der Waals surface area (Å²) in [5.74, 6) is 1.37. The Morgan fingerprint density at radius 1 is 1.33 bits per heavy atom. The van der Waals surface area contributed by atoms with E-state index >= 15 is 0 Å². The minimum absolute atomic E-state index is 0.0292. The molecule has 0 saturated carbocycles. The fraction of sp³-hybridized carbons (Fsp3) is 0.375. The van der Waals surface area contributed by atoms with Gasteiger partial charge in [-0.1, -0.05) is 18.2 Å². The van der Waals surface area contributed by atoms with Gasteiger partial charge in [-0.2, -0.15) is 5.10 Å². The molecule has 8 heteroatoms. The molecule has 0 radical (unpaired) electrons. The predicted molar refractivity (Wildman–Crippen MR) is 91.7 cm³/mol. The summed E-state index contributed by atoms with van der Waals surface area (Å²) in [5.41, 5.74) is 2.22. The fourth-order valence-corrected chi connectivity index (χ4v) is 2.72. The second-order valence-electron chi connectivity index (χ2n) is 5.50. The molecule has 2 aromatic rings. The van der Waals surface area contributed by atoms with E-state index in [9.17, 15) is 4.79 Å². The van der Waals surface area contributed by atoms with Gasteiger partial charge in [-0.25, -0.2) is 4.98 Å². The summed E-state index contributed by atoms with van der Waals surface area (Å²) >= 11 is 0. The second-order valence-corrected chi connectivity index (χ2v) is 5.50. The first-order valence-corrected chi connectivity index (χ1v) is 7.84. The number of anilines is 1. The zero-order valence-corrected chi connectivity index (χ0v) is 13.9. The lowest BCUT2D eigenvalue weighted by Crippen LogP contribution is -2.44. The van der Waals surface area contributed by atoms with Gasteiger partial charge in [0.05, 0.1) is 13.1 Å². The maximum atomic E-state index is 12.5. The third kappa shape index (κ3) is 3.37. The van der Waals surface area contributed by atoms with Gasteiger partial charge in [0.1, 0.15) is 12.2 Å². The number of hydrogen-bond acceptors (Lipinski definition) is 4. The van der Waals surface area contributed by atoms with Gasteiger partial charge in [0.15, 0.2) is 5.96 Å². The summed E-state index contributed by atoms with van der Waals surface area (Å²) in [5, 5.41) is 10.2. The first-order chi connectivity index (χ1) is 11.7. The van der Waals surface area contributed by atoms with Crippen LogP contribution in [0.2, 0.25) is 0 Å². The summed E-state index contributed by atoms with van der Waals surface area (Å²) in [4.78, 5) is 22.6. The van der Waals surface area contributed by atoms with E-state index in [0.717, 1.165) is 24.5 Å². The molecule has 1 aromatic heterocycles. The number of aromatic nitrogens is 3. The van der Waals surface area contributed by atoms with Gasteiger partial charge in [0, 0.05) is 26.3 Å². The first-order valence-electron chi connectivity index (χ1n) is 7.84. The zero-order chi connectivity index (χ0) is 16.9. The Hall–Kier alpha value is -2.90. The second kappa shape index (κ2) is 7.12. The van der Waals surface area contributed by atoms with Gasteiger partial charge in [-0.3, -0.25) is 14.5 Å². The molecule has 1 aromatic carbocycles. The normalized spacial score (nSPS) is 13.8. The molecule has 0 bridgehead atoms. The number of hydrogen-bond donors (Lipinski definition) is 2. The maximum absolute atomic E-state index is 12.5. The summed E-state index contributed by atoms with van der Waals surface area (Å²) in [7, 11) is 3.50. The third-order valence-electron chi connectivity index (χ3n) is 4.04. The third-order valence-corrected chi connectivity index (χ3v) is 4.04. The molecule has 0 saturated heterocycles. The molecule has 0 fully saturated rings. The monoisotopic (exact) mass is 327 g/mol. The van der Waals surface area contributed by atoms with Crippen LogP contribution in [0.25, 0.3) is 0 Å². The Balaban J connectivity index is 1.53. The van der Waals surface area contributed by atoms with E-state index in [1.165, 1.54) is 11.9 Å². The average Bonchev–Trinajstić information content (AvgIpc) is 3.21. The van der Waals surface area contributed by atoms with Gasteiger partial charge in [0.2, 0.25) is 5.91 Å². The quantitative estimate of drug-likeness (QED) is 0.613. The van der Waals surface area contributed by atoms with Gasteiger partial charge in [0.25, 0.3) is 0 Å². The van der Waals surface area contributed by atoms with E-state index < -0.39 is 0 Å². The number of amides is 1.